The van der Waals surface area contributed by atoms with Crippen LogP contribution in [0.5, 0.6) is 0 Å². The molecular formula is C19H30NO6P. The summed E-state index contributed by atoms with van der Waals surface area (Å²) in [6.45, 7) is 4.26. The van der Waals surface area contributed by atoms with E-state index in [2.05, 4.69) is 5.32 Å². The summed E-state index contributed by atoms with van der Waals surface area (Å²) in [4.78, 5) is 34.0. The lowest BCUT2D eigenvalue weighted by Crippen LogP contribution is -2.35. The van der Waals surface area contributed by atoms with Crippen molar-refractivity contribution in [3.63, 3.8) is 0 Å². The first-order chi connectivity index (χ1) is 12.9. The fourth-order valence-electron chi connectivity index (χ4n) is 2.49. The zero-order valence-corrected chi connectivity index (χ0v) is 17.0. The maximum Gasteiger partial charge on any atom is 0.328 e. The van der Waals surface area contributed by atoms with Gasteiger partial charge in [0.1, 0.15) is 0 Å². The first-order valence-corrected chi connectivity index (χ1v) is 11.1. The molecule has 1 amide bonds. The number of rotatable bonds is 13. The maximum atomic E-state index is 12.5. The van der Waals surface area contributed by atoms with Gasteiger partial charge in [-0.15, -0.1) is 0 Å². The van der Waals surface area contributed by atoms with Crippen molar-refractivity contribution in [2.75, 3.05) is 25.9 Å². The number of unbranched alkanes of at least 4 members (excludes halogenated alkanes) is 1. The molecule has 152 valence electrons. The van der Waals surface area contributed by atoms with Crippen LogP contribution in [0.25, 0.3) is 0 Å². The highest BCUT2D eigenvalue weighted by molar-refractivity contribution is 7.52. The fraction of sp³-hybridized carbons (Fsp3) is 0.579. The highest BCUT2D eigenvalue weighted by Gasteiger charge is 2.30. The van der Waals surface area contributed by atoms with Crippen LogP contribution in [-0.2, 0) is 29.8 Å². The van der Waals surface area contributed by atoms with Crippen molar-refractivity contribution in [2.45, 2.75) is 39.5 Å². The molecule has 0 aliphatic carbocycles. The summed E-state index contributed by atoms with van der Waals surface area (Å²) >= 11 is 0. The van der Waals surface area contributed by atoms with Crippen molar-refractivity contribution in [3.8, 4) is 0 Å². The molecule has 0 saturated carbocycles. The van der Waals surface area contributed by atoms with Gasteiger partial charge in [0.05, 0.1) is 31.7 Å². The lowest BCUT2D eigenvalue weighted by molar-refractivity contribution is -0.143. The van der Waals surface area contributed by atoms with Gasteiger partial charge in [-0.05, 0) is 25.3 Å². The third kappa shape index (κ3) is 10.3. The average molecular weight is 399 g/mol. The Bertz CT molecular complexity index is 622. The van der Waals surface area contributed by atoms with E-state index in [0.29, 0.717) is 12.8 Å². The molecule has 0 bridgehead atoms. The van der Waals surface area contributed by atoms with Crippen LogP contribution in [0, 0.1) is 5.92 Å². The number of hydrogen-bond acceptors (Lipinski definition) is 5. The molecule has 0 heterocycles. The molecule has 1 aromatic rings. The molecule has 0 aromatic heterocycles. The van der Waals surface area contributed by atoms with Gasteiger partial charge in [-0.1, -0.05) is 43.7 Å². The van der Waals surface area contributed by atoms with E-state index < -0.39 is 19.5 Å². The molecular weight excluding hydrogens is 369 g/mol. The van der Waals surface area contributed by atoms with Gasteiger partial charge in [-0.3, -0.25) is 14.2 Å². The summed E-state index contributed by atoms with van der Waals surface area (Å²) in [5.41, 5.74) is 0.886. The number of carbonyl (C=O) groups is 2. The summed E-state index contributed by atoms with van der Waals surface area (Å²) in [5, 5.41) is 2.65. The smallest absolute Gasteiger partial charge is 0.328 e. The van der Waals surface area contributed by atoms with E-state index in [9.17, 15) is 19.0 Å². The molecule has 2 unspecified atom stereocenters. The zero-order valence-electron chi connectivity index (χ0n) is 16.1. The molecule has 0 saturated heterocycles. The Morgan fingerprint density at radius 2 is 1.93 bits per heavy atom. The molecule has 1 rings (SSSR count). The summed E-state index contributed by atoms with van der Waals surface area (Å²) in [6.07, 6.45) is 1.63. The van der Waals surface area contributed by atoms with Crippen LogP contribution < -0.4 is 5.32 Å². The van der Waals surface area contributed by atoms with Crippen LogP contribution in [0.1, 0.15) is 38.7 Å². The van der Waals surface area contributed by atoms with E-state index in [-0.39, 0.29) is 38.2 Å². The third-order valence-corrected chi connectivity index (χ3v) is 5.36. The second-order valence-electron chi connectivity index (χ2n) is 6.24. The summed E-state index contributed by atoms with van der Waals surface area (Å²) in [5.74, 6) is -1.50. The standard InChI is InChI=1S/C19H30NO6P/c1-3-5-13-26-27(23,24)15-17(14-16-9-7-6-8-10-16)19(22)20-12-11-18(21)25-4-2/h6-10,17H,3-5,11-15H2,1-2H3,(H,20,22)(H,23,24). The number of amides is 1. The molecule has 0 radical (unpaired) electrons. The Kier molecular flexibility index (Phi) is 10.9. The van der Waals surface area contributed by atoms with Gasteiger partial charge in [-0.25, -0.2) is 0 Å². The first kappa shape index (κ1) is 23.3. The Morgan fingerprint density at radius 1 is 1.22 bits per heavy atom. The van der Waals surface area contributed by atoms with Gasteiger partial charge in [0.2, 0.25) is 5.91 Å². The SMILES string of the molecule is CCCCOP(=O)(O)CC(Cc1ccccc1)C(=O)NCCC(=O)OCC. The van der Waals surface area contributed by atoms with Crippen molar-refractivity contribution in [1.29, 1.82) is 0 Å². The van der Waals surface area contributed by atoms with Crippen LogP contribution in [0.4, 0.5) is 0 Å². The van der Waals surface area contributed by atoms with Crippen LogP contribution in [0.3, 0.4) is 0 Å². The Morgan fingerprint density at radius 3 is 2.56 bits per heavy atom. The zero-order chi connectivity index (χ0) is 20.1. The maximum absolute atomic E-state index is 12.5. The van der Waals surface area contributed by atoms with Crippen molar-refractivity contribution >= 4 is 19.5 Å². The number of nitrogens with one attached hydrogen (secondary N) is 1. The fourth-order valence-corrected chi connectivity index (χ4v) is 3.86. The van der Waals surface area contributed by atoms with Gasteiger partial charge in [0.25, 0.3) is 0 Å². The quantitative estimate of drug-likeness (QED) is 0.300. The van der Waals surface area contributed by atoms with Crippen LogP contribution in [-0.4, -0.2) is 42.7 Å². The number of carbonyl (C=O) groups excluding carboxylic acids is 2. The number of hydrogen-bond donors (Lipinski definition) is 2. The van der Waals surface area contributed by atoms with Crippen LogP contribution >= 0.6 is 7.60 Å². The van der Waals surface area contributed by atoms with Crippen molar-refractivity contribution in [2.24, 2.45) is 5.92 Å². The second kappa shape index (κ2) is 12.7. The van der Waals surface area contributed by atoms with Crippen molar-refractivity contribution < 1.29 is 28.3 Å². The molecule has 2 N–H and O–H groups in total. The predicted octanol–water partition coefficient (Wildman–Crippen LogP) is 2.92. The molecule has 2 atom stereocenters. The van der Waals surface area contributed by atoms with Gasteiger partial charge in [0, 0.05) is 6.54 Å². The van der Waals surface area contributed by atoms with Gasteiger partial charge in [0.15, 0.2) is 0 Å². The average Bonchev–Trinajstić information content (AvgIpc) is 2.62. The Labute approximate surface area is 161 Å². The summed E-state index contributed by atoms with van der Waals surface area (Å²) in [6, 6.07) is 9.28. The summed E-state index contributed by atoms with van der Waals surface area (Å²) < 4.78 is 22.3. The van der Waals surface area contributed by atoms with Crippen molar-refractivity contribution in [3.05, 3.63) is 35.9 Å². The molecule has 1 aromatic carbocycles. The predicted molar refractivity (Wildman–Crippen MR) is 103 cm³/mol. The molecule has 0 aliphatic rings. The molecule has 0 spiro atoms. The highest BCUT2D eigenvalue weighted by atomic mass is 31.2. The topological polar surface area (TPSA) is 102 Å². The lowest BCUT2D eigenvalue weighted by Gasteiger charge is -2.20. The summed E-state index contributed by atoms with van der Waals surface area (Å²) in [7, 11) is -3.88. The van der Waals surface area contributed by atoms with Crippen LogP contribution in [0.15, 0.2) is 30.3 Å². The van der Waals surface area contributed by atoms with E-state index in [1.165, 1.54) is 0 Å². The monoisotopic (exact) mass is 399 g/mol. The van der Waals surface area contributed by atoms with Gasteiger partial charge < -0.3 is 19.5 Å². The number of ether oxygens (including phenoxy) is 1. The Balaban J connectivity index is 2.70. The van der Waals surface area contributed by atoms with E-state index in [0.717, 1.165) is 12.0 Å². The number of esters is 1. The second-order valence-corrected chi connectivity index (χ2v) is 8.14. The third-order valence-electron chi connectivity index (χ3n) is 3.87. The normalized spacial score (nSPS) is 14.2. The minimum absolute atomic E-state index is 0.0570. The van der Waals surface area contributed by atoms with E-state index in [1.807, 2.05) is 37.3 Å². The van der Waals surface area contributed by atoms with Gasteiger partial charge in [-0.2, -0.15) is 0 Å². The van der Waals surface area contributed by atoms with E-state index in [1.54, 1.807) is 6.92 Å². The largest absolute Gasteiger partial charge is 0.466 e. The van der Waals surface area contributed by atoms with E-state index >= 15 is 0 Å². The molecule has 0 fully saturated rings. The van der Waals surface area contributed by atoms with Crippen molar-refractivity contribution in [1.82, 2.24) is 5.32 Å². The molecule has 0 aliphatic heterocycles. The molecule has 7 nitrogen and oxygen atoms in total. The molecule has 27 heavy (non-hydrogen) atoms. The minimum atomic E-state index is -3.88. The molecule has 8 heteroatoms. The van der Waals surface area contributed by atoms with Crippen LogP contribution in [0.2, 0.25) is 0 Å². The highest BCUT2D eigenvalue weighted by Crippen LogP contribution is 2.44. The minimum Gasteiger partial charge on any atom is -0.466 e. The van der Waals surface area contributed by atoms with Gasteiger partial charge >= 0.3 is 13.6 Å². The Hall–Kier alpha value is -1.69. The first-order valence-electron chi connectivity index (χ1n) is 9.31. The lowest BCUT2D eigenvalue weighted by atomic mass is 10.0. The van der Waals surface area contributed by atoms with E-state index in [4.69, 9.17) is 9.26 Å². The number of benzene rings is 1.